The number of benzene rings is 1. The van der Waals surface area contributed by atoms with E-state index in [2.05, 4.69) is 15.1 Å². The molecule has 0 bridgehead atoms. The Morgan fingerprint density at radius 2 is 2.00 bits per heavy atom. The first-order valence-corrected chi connectivity index (χ1v) is 11.4. The Kier molecular flexibility index (Phi) is 6.10. The lowest BCUT2D eigenvalue weighted by Crippen LogP contribution is -2.35. The molecule has 0 amide bonds. The summed E-state index contributed by atoms with van der Waals surface area (Å²) in [5.74, 6) is -0.193. The minimum absolute atomic E-state index is 0.0867. The molecule has 3 aromatic rings. The third-order valence-corrected chi connectivity index (χ3v) is 6.99. The van der Waals surface area contributed by atoms with Gasteiger partial charge in [0.25, 0.3) is 5.89 Å². The molecule has 1 saturated heterocycles. The van der Waals surface area contributed by atoms with Crippen LogP contribution >= 0.6 is 0 Å². The van der Waals surface area contributed by atoms with E-state index < -0.39 is 16.0 Å². The van der Waals surface area contributed by atoms with Gasteiger partial charge in [0.1, 0.15) is 0 Å². The van der Waals surface area contributed by atoms with Crippen LogP contribution in [0.15, 0.2) is 52.1 Å². The maximum atomic E-state index is 12.9. The van der Waals surface area contributed by atoms with E-state index in [1.165, 1.54) is 16.4 Å². The topological polar surface area (TPSA) is 115 Å². The molecule has 1 aliphatic heterocycles. The minimum atomic E-state index is -3.65. The van der Waals surface area contributed by atoms with Gasteiger partial charge in [-0.25, -0.2) is 13.2 Å². The summed E-state index contributed by atoms with van der Waals surface area (Å²) < 4.78 is 37.7. The average Bonchev–Trinajstić information content (AvgIpc) is 3.28. The summed E-state index contributed by atoms with van der Waals surface area (Å²) in [4.78, 5) is 20.9. The van der Waals surface area contributed by atoms with Gasteiger partial charge in [-0.3, -0.25) is 4.98 Å². The number of hydrogen-bond acceptors (Lipinski definition) is 8. The average molecular weight is 442 g/mol. The predicted molar refractivity (Wildman–Crippen MR) is 110 cm³/mol. The van der Waals surface area contributed by atoms with E-state index in [1.807, 2.05) is 0 Å². The second kappa shape index (κ2) is 8.94. The first kappa shape index (κ1) is 21.1. The van der Waals surface area contributed by atoms with E-state index in [0.29, 0.717) is 30.0 Å². The molecule has 31 heavy (non-hydrogen) atoms. The molecule has 0 N–H and O–H groups in total. The number of piperidine rings is 1. The van der Waals surface area contributed by atoms with Crippen molar-refractivity contribution in [1.29, 1.82) is 0 Å². The van der Waals surface area contributed by atoms with Gasteiger partial charge in [0.2, 0.25) is 15.8 Å². The number of hydrogen-bond donors (Lipinski definition) is 0. The summed E-state index contributed by atoms with van der Waals surface area (Å²) in [6.45, 7) is 2.48. The van der Waals surface area contributed by atoms with Crippen LogP contribution in [-0.2, 0) is 21.4 Å². The zero-order chi connectivity index (χ0) is 21.8. The third-order valence-electron chi connectivity index (χ3n) is 5.10. The Balaban J connectivity index is 1.47. The van der Waals surface area contributed by atoms with Crippen molar-refractivity contribution in [2.45, 2.75) is 37.7 Å². The molecule has 0 spiro atoms. The summed E-state index contributed by atoms with van der Waals surface area (Å²) in [7, 11) is -3.65. The summed E-state index contributed by atoms with van der Waals surface area (Å²) in [6.07, 6.45) is 5.93. The van der Waals surface area contributed by atoms with Crippen LogP contribution in [0.4, 0.5) is 0 Å². The monoisotopic (exact) mass is 442 g/mol. The molecule has 2 aromatic heterocycles. The molecule has 0 aliphatic carbocycles. The number of carbonyl (C=O) groups is 1. The molecular formula is C21H22N4O5S. The minimum Gasteiger partial charge on any atom is -0.452 e. The summed E-state index contributed by atoms with van der Waals surface area (Å²) >= 11 is 0. The smallest absolute Gasteiger partial charge is 0.338 e. The number of esters is 1. The van der Waals surface area contributed by atoms with Gasteiger partial charge in [0.15, 0.2) is 6.61 Å². The van der Waals surface area contributed by atoms with E-state index in [4.69, 9.17) is 9.26 Å². The van der Waals surface area contributed by atoms with E-state index in [1.54, 1.807) is 37.5 Å². The Labute approximate surface area is 180 Å². The SMILES string of the molecule is Cc1ccc(S(=O)(=O)N2CCCCC2)cc1C(=O)OCc1nc(-c2cccnc2)no1. The maximum absolute atomic E-state index is 12.9. The maximum Gasteiger partial charge on any atom is 0.338 e. The van der Waals surface area contributed by atoms with Gasteiger partial charge in [0.05, 0.1) is 10.5 Å². The molecule has 162 valence electrons. The standard InChI is InChI=1S/C21H22N4O5S/c1-15-7-8-17(31(27,28)25-10-3-2-4-11-25)12-18(15)21(26)29-14-19-23-20(24-30-19)16-6-5-9-22-13-16/h5-9,12-13H,2-4,10-11,14H2,1H3. The highest BCUT2D eigenvalue weighted by atomic mass is 32.2. The first-order valence-electron chi connectivity index (χ1n) is 9.96. The molecule has 1 aliphatic rings. The lowest BCUT2D eigenvalue weighted by molar-refractivity contribution is 0.0428. The van der Waals surface area contributed by atoms with Crippen molar-refractivity contribution < 1.29 is 22.5 Å². The van der Waals surface area contributed by atoms with Gasteiger partial charge < -0.3 is 9.26 Å². The van der Waals surface area contributed by atoms with Crippen molar-refractivity contribution in [2.75, 3.05) is 13.1 Å². The van der Waals surface area contributed by atoms with E-state index >= 15 is 0 Å². The quantitative estimate of drug-likeness (QED) is 0.535. The highest BCUT2D eigenvalue weighted by molar-refractivity contribution is 7.89. The fraction of sp³-hybridized carbons (Fsp3) is 0.333. The molecule has 9 nitrogen and oxygen atoms in total. The molecule has 1 aromatic carbocycles. The highest BCUT2D eigenvalue weighted by Gasteiger charge is 2.27. The number of nitrogens with zero attached hydrogens (tertiary/aromatic N) is 4. The van der Waals surface area contributed by atoms with E-state index in [-0.39, 0.29) is 23.0 Å². The van der Waals surface area contributed by atoms with Crippen LogP contribution in [0, 0.1) is 6.92 Å². The Morgan fingerprint density at radius 3 is 2.74 bits per heavy atom. The molecule has 0 radical (unpaired) electrons. The summed E-state index contributed by atoms with van der Waals surface area (Å²) in [6, 6.07) is 8.04. The Bertz CT molecular complexity index is 1170. The Hall–Kier alpha value is -3.11. The number of sulfonamides is 1. The number of aromatic nitrogens is 3. The number of aryl methyl sites for hydroxylation is 1. The summed E-state index contributed by atoms with van der Waals surface area (Å²) in [5.41, 5.74) is 1.48. The van der Waals surface area contributed by atoms with Crippen molar-refractivity contribution in [3.63, 3.8) is 0 Å². The predicted octanol–water partition coefficient (Wildman–Crippen LogP) is 2.97. The normalized spacial score (nSPS) is 15.0. The van der Waals surface area contributed by atoms with Crippen LogP contribution in [0.2, 0.25) is 0 Å². The van der Waals surface area contributed by atoms with Crippen molar-refractivity contribution in [3.05, 3.63) is 59.7 Å². The molecule has 1 fully saturated rings. The van der Waals surface area contributed by atoms with Crippen LogP contribution in [0.1, 0.15) is 41.1 Å². The van der Waals surface area contributed by atoms with Crippen LogP contribution in [0.25, 0.3) is 11.4 Å². The highest BCUT2D eigenvalue weighted by Crippen LogP contribution is 2.23. The number of pyridine rings is 1. The molecule has 10 heteroatoms. The van der Waals surface area contributed by atoms with Crippen molar-refractivity contribution in [2.24, 2.45) is 0 Å². The molecule has 0 saturated carbocycles. The fourth-order valence-electron chi connectivity index (χ4n) is 3.37. The van der Waals surface area contributed by atoms with Crippen LogP contribution in [-0.4, -0.2) is 46.9 Å². The molecule has 4 rings (SSSR count). The van der Waals surface area contributed by atoms with Crippen molar-refractivity contribution in [3.8, 4) is 11.4 Å². The van der Waals surface area contributed by atoms with Gasteiger partial charge in [-0.05, 0) is 49.6 Å². The lowest BCUT2D eigenvalue weighted by atomic mass is 10.1. The number of ether oxygens (including phenoxy) is 1. The zero-order valence-corrected chi connectivity index (χ0v) is 17.8. The lowest BCUT2D eigenvalue weighted by Gasteiger charge is -2.26. The molecular weight excluding hydrogens is 420 g/mol. The second-order valence-electron chi connectivity index (χ2n) is 7.27. The van der Waals surface area contributed by atoms with Gasteiger partial charge >= 0.3 is 5.97 Å². The van der Waals surface area contributed by atoms with Crippen molar-refractivity contribution in [1.82, 2.24) is 19.4 Å². The molecule has 0 unspecified atom stereocenters. The van der Waals surface area contributed by atoms with Crippen molar-refractivity contribution >= 4 is 16.0 Å². The van der Waals surface area contributed by atoms with Crippen LogP contribution in [0.3, 0.4) is 0 Å². The van der Waals surface area contributed by atoms with E-state index in [9.17, 15) is 13.2 Å². The fourth-order valence-corrected chi connectivity index (χ4v) is 4.91. The van der Waals surface area contributed by atoms with Gasteiger partial charge in [-0.15, -0.1) is 0 Å². The Morgan fingerprint density at radius 1 is 1.19 bits per heavy atom. The molecule has 3 heterocycles. The number of carbonyl (C=O) groups excluding carboxylic acids is 1. The van der Waals surface area contributed by atoms with Gasteiger partial charge in [0, 0.05) is 31.0 Å². The summed E-state index contributed by atoms with van der Waals surface area (Å²) in [5, 5.41) is 3.85. The largest absolute Gasteiger partial charge is 0.452 e. The first-order chi connectivity index (χ1) is 14.9. The van der Waals surface area contributed by atoms with Gasteiger partial charge in [-0.1, -0.05) is 17.6 Å². The van der Waals surface area contributed by atoms with Crippen LogP contribution in [0.5, 0.6) is 0 Å². The second-order valence-corrected chi connectivity index (χ2v) is 9.21. The third kappa shape index (κ3) is 4.64. The van der Waals surface area contributed by atoms with E-state index in [0.717, 1.165) is 19.3 Å². The zero-order valence-electron chi connectivity index (χ0n) is 17.0. The number of rotatable bonds is 6. The van der Waals surface area contributed by atoms with Gasteiger partial charge in [-0.2, -0.15) is 9.29 Å². The molecule has 0 atom stereocenters. The van der Waals surface area contributed by atoms with Crippen LogP contribution < -0.4 is 0 Å².